The topological polar surface area (TPSA) is 97.9 Å². The van der Waals surface area contributed by atoms with Gasteiger partial charge in [-0.3, -0.25) is 0 Å². The molecule has 0 radical (unpaired) electrons. The molecule has 0 aliphatic carbocycles. The van der Waals surface area contributed by atoms with E-state index in [0.29, 0.717) is 28.3 Å². The van der Waals surface area contributed by atoms with Gasteiger partial charge in [0.2, 0.25) is 16.8 Å². The SMILES string of the molecule is CCOC(=O)c1[nH]c(C)c(CN(Cc2ccc3c(c2)OCO3)S(=O)(=O)c2ccc(C)cc2C)c1C. The van der Waals surface area contributed by atoms with Crippen LogP contribution in [0.25, 0.3) is 0 Å². The highest BCUT2D eigenvalue weighted by molar-refractivity contribution is 7.89. The molecule has 35 heavy (non-hydrogen) atoms. The molecule has 0 unspecified atom stereocenters. The van der Waals surface area contributed by atoms with Crippen molar-refractivity contribution in [2.24, 2.45) is 0 Å². The lowest BCUT2D eigenvalue weighted by atomic mass is 10.1. The normalized spacial score (nSPS) is 12.9. The molecule has 1 N–H and O–H groups in total. The number of ether oxygens (including phenoxy) is 3. The second kappa shape index (κ2) is 9.75. The summed E-state index contributed by atoms with van der Waals surface area (Å²) in [5.41, 5.74) is 4.90. The first-order chi connectivity index (χ1) is 16.6. The van der Waals surface area contributed by atoms with Gasteiger partial charge in [-0.1, -0.05) is 23.8 Å². The Kier molecular flexibility index (Phi) is 6.91. The highest BCUT2D eigenvalue weighted by Gasteiger charge is 2.30. The van der Waals surface area contributed by atoms with E-state index in [0.717, 1.165) is 22.4 Å². The molecule has 8 nitrogen and oxygen atoms in total. The standard InChI is InChI=1S/C26H30N2O6S/c1-6-32-26(29)25-18(4)21(19(5)27-25)14-28(13-20-8-9-22-23(12-20)34-15-33-22)35(30,31)24-10-7-16(2)11-17(24)3/h7-12,27H,6,13-15H2,1-5H3. The van der Waals surface area contributed by atoms with Crippen molar-refractivity contribution in [2.75, 3.05) is 13.4 Å². The third kappa shape index (κ3) is 4.92. The average molecular weight is 499 g/mol. The maximum absolute atomic E-state index is 13.9. The smallest absolute Gasteiger partial charge is 0.355 e. The van der Waals surface area contributed by atoms with E-state index in [9.17, 15) is 13.2 Å². The predicted molar refractivity (Wildman–Crippen MR) is 131 cm³/mol. The molecule has 3 aromatic rings. The van der Waals surface area contributed by atoms with Gasteiger partial charge in [0.1, 0.15) is 5.69 Å². The Hall–Kier alpha value is -3.30. The van der Waals surface area contributed by atoms with Crippen LogP contribution in [0.1, 0.15) is 50.9 Å². The fourth-order valence-corrected chi connectivity index (χ4v) is 5.91. The summed E-state index contributed by atoms with van der Waals surface area (Å²) in [6, 6.07) is 10.7. The fourth-order valence-electron chi connectivity index (χ4n) is 4.31. The number of aryl methyl sites for hydroxylation is 3. The maximum atomic E-state index is 13.9. The maximum Gasteiger partial charge on any atom is 0.355 e. The minimum Gasteiger partial charge on any atom is -0.461 e. The van der Waals surface area contributed by atoms with E-state index in [1.54, 1.807) is 45.0 Å². The number of nitrogens with one attached hydrogen (secondary N) is 1. The minimum atomic E-state index is -3.88. The van der Waals surface area contributed by atoms with Gasteiger partial charge >= 0.3 is 5.97 Å². The molecule has 2 heterocycles. The number of carbonyl (C=O) groups excluding carboxylic acids is 1. The minimum absolute atomic E-state index is 0.0810. The van der Waals surface area contributed by atoms with Crippen molar-refractivity contribution in [3.05, 3.63) is 75.6 Å². The van der Waals surface area contributed by atoms with Crippen molar-refractivity contribution < 1.29 is 27.4 Å². The van der Waals surface area contributed by atoms with Crippen LogP contribution >= 0.6 is 0 Å². The number of H-pyrrole nitrogens is 1. The summed E-state index contributed by atoms with van der Waals surface area (Å²) in [7, 11) is -3.88. The molecular weight excluding hydrogens is 468 g/mol. The summed E-state index contributed by atoms with van der Waals surface area (Å²) in [5.74, 6) is 0.762. The molecular formula is C26H30N2O6S. The van der Waals surface area contributed by atoms with E-state index in [1.165, 1.54) is 4.31 Å². The van der Waals surface area contributed by atoms with Crippen molar-refractivity contribution >= 4 is 16.0 Å². The van der Waals surface area contributed by atoms with E-state index in [-0.39, 0.29) is 31.4 Å². The molecule has 4 rings (SSSR count). The second-order valence-corrected chi connectivity index (χ2v) is 10.6. The third-order valence-corrected chi connectivity index (χ3v) is 8.10. The summed E-state index contributed by atoms with van der Waals surface area (Å²) >= 11 is 0. The van der Waals surface area contributed by atoms with Crippen LogP contribution in [0.4, 0.5) is 0 Å². The van der Waals surface area contributed by atoms with Gasteiger partial charge in [-0.25, -0.2) is 13.2 Å². The monoisotopic (exact) mass is 498 g/mol. The molecule has 0 bridgehead atoms. The van der Waals surface area contributed by atoms with Crippen LogP contribution in [0.3, 0.4) is 0 Å². The summed E-state index contributed by atoms with van der Waals surface area (Å²) < 4.78 is 45.3. The van der Waals surface area contributed by atoms with Gasteiger partial charge in [0.25, 0.3) is 0 Å². The zero-order valence-corrected chi connectivity index (χ0v) is 21.4. The number of nitrogens with zero attached hydrogens (tertiary/aromatic N) is 1. The van der Waals surface area contributed by atoms with Crippen LogP contribution in [0.15, 0.2) is 41.3 Å². The van der Waals surface area contributed by atoms with Gasteiger partial charge in [0.15, 0.2) is 11.5 Å². The Bertz CT molecular complexity index is 1380. The van der Waals surface area contributed by atoms with E-state index in [2.05, 4.69) is 4.98 Å². The van der Waals surface area contributed by atoms with E-state index < -0.39 is 16.0 Å². The first-order valence-electron chi connectivity index (χ1n) is 11.4. The van der Waals surface area contributed by atoms with E-state index in [4.69, 9.17) is 14.2 Å². The first kappa shape index (κ1) is 24.8. The molecule has 0 atom stereocenters. The highest BCUT2D eigenvalue weighted by atomic mass is 32.2. The number of rotatable bonds is 8. The lowest BCUT2D eigenvalue weighted by Crippen LogP contribution is -2.31. The number of hydrogen-bond acceptors (Lipinski definition) is 6. The summed E-state index contributed by atoms with van der Waals surface area (Å²) in [5, 5.41) is 0. The molecule has 1 aromatic heterocycles. The largest absolute Gasteiger partial charge is 0.461 e. The number of carbonyl (C=O) groups is 1. The van der Waals surface area contributed by atoms with Gasteiger partial charge < -0.3 is 19.2 Å². The molecule has 1 aliphatic rings. The third-order valence-electron chi connectivity index (χ3n) is 6.15. The molecule has 186 valence electrons. The summed E-state index contributed by atoms with van der Waals surface area (Å²) in [6.45, 7) is 9.68. The Morgan fingerprint density at radius 2 is 1.77 bits per heavy atom. The number of fused-ring (bicyclic) bond motifs is 1. The molecule has 0 saturated carbocycles. The van der Waals surface area contributed by atoms with Crippen molar-refractivity contribution in [3.8, 4) is 11.5 Å². The molecule has 0 amide bonds. The number of esters is 1. The van der Waals surface area contributed by atoms with Crippen LogP contribution in [0, 0.1) is 27.7 Å². The zero-order valence-electron chi connectivity index (χ0n) is 20.6. The van der Waals surface area contributed by atoms with Gasteiger partial charge in [0, 0.05) is 18.8 Å². The van der Waals surface area contributed by atoms with Gasteiger partial charge in [0.05, 0.1) is 11.5 Å². The summed E-state index contributed by atoms with van der Waals surface area (Å²) in [6.07, 6.45) is 0. The first-order valence-corrected chi connectivity index (χ1v) is 12.9. The predicted octanol–water partition coefficient (Wildman–Crippen LogP) is 4.54. The van der Waals surface area contributed by atoms with Gasteiger partial charge in [-0.2, -0.15) is 4.31 Å². The van der Waals surface area contributed by atoms with E-state index >= 15 is 0 Å². The number of aromatic amines is 1. The number of hydrogen-bond donors (Lipinski definition) is 1. The zero-order chi connectivity index (χ0) is 25.3. The van der Waals surface area contributed by atoms with Crippen LogP contribution in [0.5, 0.6) is 11.5 Å². The van der Waals surface area contributed by atoms with Crippen molar-refractivity contribution in [1.82, 2.24) is 9.29 Å². The van der Waals surface area contributed by atoms with E-state index in [1.807, 2.05) is 26.0 Å². The van der Waals surface area contributed by atoms with Crippen molar-refractivity contribution in [1.29, 1.82) is 0 Å². The quantitative estimate of drug-likeness (QED) is 0.458. The van der Waals surface area contributed by atoms with Gasteiger partial charge in [-0.05, 0) is 75.1 Å². The Morgan fingerprint density at radius 1 is 1.03 bits per heavy atom. The molecule has 0 spiro atoms. The number of aromatic nitrogens is 1. The molecule has 0 saturated heterocycles. The van der Waals surface area contributed by atoms with Crippen LogP contribution in [-0.4, -0.2) is 37.1 Å². The molecule has 2 aromatic carbocycles. The average Bonchev–Trinajstić information content (AvgIpc) is 3.37. The van der Waals surface area contributed by atoms with Crippen molar-refractivity contribution in [2.45, 2.75) is 52.6 Å². The molecule has 0 fully saturated rings. The lowest BCUT2D eigenvalue weighted by molar-refractivity contribution is 0.0519. The molecule has 9 heteroatoms. The fraction of sp³-hybridized carbons (Fsp3) is 0.346. The van der Waals surface area contributed by atoms with Crippen LogP contribution in [-0.2, 0) is 27.8 Å². The van der Waals surface area contributed by atoms with Gasteiger partial charge in [-0.15, -0.1) is 0 Å². The number of benzene rings is 2. The Morgan fingerprint density at radius 3 is 2.49 bits per heavy atom. The Labute approximate surface area is 205 Å². The van der Waals surface area contributed by atoms with Crippen LogP contribution < -0.4 is 9.47 Å². The lowest BCUT2D eigenvalue weighted by Gasteiger charge is -2.24. The van der Waals surface area contributed by atoms with Crippen LogP contribution in [0.2, 0.25) is 0 Å². The van der Waals surface area contributed by atoms with Crippen molar-refractivity contribution in [3.63, 3.8) is 0 Å². The molecule has 1 aliphatic heterocycles. The second-order valence-electron chi connectivity index (χ2n) is 8.68. The number of sulfonamides is 1. The Balaban J connectivity index is 1.75. The highest BCUT2D eigenvalue weighted by Crippen LogP contribution is 2.34. The summed E-state index contributed by atoms with van der Waals surface area (Å²) in [4.78, 5) is 15.7.